The maximum Gasteiger partial charge on any atom is 0.244 e. The molecule has 1 fully saturated rings. The summed E-state index contributed by atoms with van der Waals surface area (Å²) in [5, 5.41) is 7.87. The number of carbonyl (C=O) groups excluding carboxylic acids is 3. The second kappa shape index (κ2) is 9.78. The summed E-state index contributed by atoms with van der Waals surface area (Å²) in [6.45, 7) is 3.76. The summed E-state index contributed by atoms with van der Waals surface area (Å²) >= 11 is 0. The molecule has 1 aliphatic rings. The van der Waals surface area contributed by atoms with Gasteiger partial charge in [-0.3, -0.25) is 19.1 Å². The van der Waals surface area contributed by atoms with Gasteiger partial charge in [0, 0.05) is 49.6 Å². The number of Topliss-reactive ketones (excluding diaryl/α,β-unsaturated/α-hetero) is 1. The second-order valence-electron chi connectivity index (χ2n) is 7.73. The van der Waals surface area contributed by atoms with Crippen LogP contribution in [0.5, 0.6) is 5.75 Å². The van der Waals surface area contributed by atoms with E-state index in [1.54, 1.807) is 40.0 Å². The molecule has 0 bridgehead atoms. The van der Waals surface area contributed by atoms with E-state index in [4.69, 9.17) is 9.47 Å². The standard InChI is InChI=1S/C23H25N5O5/c1-15(29)24-22-5-3-4-18(25-22)20(30)11-16-10-17-13-28(26-19(17)12-21(16)32-2)14-23(31)27-6-8-33-9-7-27/h3-5,10,12-13H,6-9,11,14H2,1-2H3,(H,24,25,29). The number of aromatic nitrogens is 3. The molecular formula is C23H25N5O5. The third kappa shape index (κ3) is 5.35. The lowest BCUT2D eigenvalue weighted by Crippen LogP contribution is -2.42. The molecule has 1 aliphatic heterocycles. The van der Waals surface area contributed by atoms with E-state index in [1.165, 1.54) is 14.0 Å². The molecule has 1 saturated heterocycles. The lowest BCUT2D eigenvalue weighted by Gasteiger charge is -2.26. The van der Waals surface area contributed by atoms with Crippen LogP contribution in [0.25, 0.3) is 10.9 Å². The van der Waals surface area contributed by atoms with Crippen molar-refractivity contribution in [1.29, 1.82) is 0 Å². The highest BCUT2D eigenvalue weighted by Crippen LogP contribution is 2.26. The minimum absolute atomic E-state index is 0.0152. The van der Waals surface area contributed by atoms with Crippen LogP contribution in [0.1, 0.15) is 23.0 Å². The molecule has 2 amide bonds. The van der Waals surface area contributed by atoms with E-state index in [0.29, 0.717) is 49.0 Å². The van der Waals surface area contributed by atoms with Crippen LogP contribution in [0, 0.1) is 0 Å². The Morgan fingerprint density at radius 2 is 1.97 bits per heavy atom. The van der Waals surface area contributed by atoms with E-state index < -0.39 is 0 Å². The second-order valence-corrected chi connectivity index (χ2v) is 7.73. The molecule has 33 heavy (non-hydrogen) atoms. The molecule has 2 aromatic heterocycles. The fourth-order valence-electron chi connectivity index (χ4n) is 3.71. The zero-order valence-electron chi connectivity index (χ0n) is 18.5. The molecule has 4 rings (SSSR count). The van der Waals surface area contributed by atoms with Gasteiger partial charge in [-0.15, -0.1) is 0 Å². The van der Waals surface area contributed by atoms with E-state index in [1.807, 2.05) is 6.07 Å². The first-order valence-electron chi connectivity index (χ1n) is 10.6. The number of pyridine rings is 1. The maximum atomic E-state index is 12.9. The van der Waals surface area contributed by atoms with E-state index in [2.05, 4.69) is 15.4 Å². The van der Waals surface area contributed by atoms with Gasteiger partial charge in [0.1, 0.15) is 23.8 Å². The van der Waals surface area contributed by atoms with E-state index >= 15 is 0 Å². The number of fused-ring (bicyclic) bond motifs is 1. The first-order chi connectivity index (χ1) is 15.9. The van der Waals surface area contributed by atoms with Gasteiger partial charge < -0.3 is 19.7 Å². The number of rotatable bonds is 7. The highest BCUT2D eigenvalue weighted by molar-refractivity contribution is 5.97. The summed E-state index contributed by atoms with van der Waals surface area (Å²) in [6, 6.07) is 8.49. The Bertz CT molecular complexity index is 1200. The van der Waals surface area contributed by atoms with Gasteiger partial charge in [-0.05, 0) is 18.2 Å². The first kappa shape index (κ1) is 22.4. The molecule has 0 atom stereocenters. The minimum Gasteiger partial charge on any atom is -0.496 e. The molecule has 172 valence electrons. The number of morpholine rings is 1. The first-order valence-corrected chi connectivity index (χ1v) is 10.6. The Kier molecular flexibility index (Phi) is 6.64. The lowest BCUT2D eigenvalue weighted by molar-refractivity contribution is -0.136. The number of carbonyl (C=O) groups is 3. The van der Waals surface area contributed by atoms with Crippen LogP contribution in [-0.4, -0.2) is 70.7 Å². The van der Waals surface area contributed by atoms with Crippen LogP contribution in [0.4, 0.5) is 5.82 Å². The van der Waals surface area contributed by atoms with Crippen molar-refractivity contribution in [1.82, 2.24) is 19.7 Å². The summed E-state index contributed by atoms with van der Waals surface area (Å²) < 4.78 is 12.4. The number of nitrogens with zero attached hydrogens (tertiary/aromatic N) is 4. The number of hydrogen-bond acceptors (Lipinski definition) is 7. The van der Waals surface area contributed by atoms with E-state index in [9.17, 15) is 14.4 Å². The molecule has 10 heteroatoms. The summed E-state index contributed by atoms with van der Waals surface area (Å²) in [6.07, 6.45) is 1.85. The van der Waals surface area contributed by atoms with Crippen LogP contribution >= 0.6 is 0 Å². The van der Waals surface area contributed by atoms with Crippen LogP contribution in [0.15, 0.2) is 36.5 Å². The highest BCUT2D eigenvalue weighted by atomic mass is 16.5. The van der Waals surface area contributed by atoms with Gasteiger partial charge in [-0.25, -0.2) is 4.98 Å². The Morgan fingerprint density at radius 1 is 1.18 bits per heavy atom. The van der Waals surface area contributed by atoms with Gasteiger partial charge in [0.25, 0.3) is 0 Å². The summed E-state index contributed by atoms with van der Waals surface area (Å²) in [5.41, 5.74) is 1.60. The van der Waals surface area contributed by atoms with Crippen molar-refractivity contribution in [2.24, 2.45) is 0 Å². The molecule has 0 unspecified atom stereocenters. The van der Waals surface area contributed by atoms with Crippen molar-refractivity contribution in [3.05, 3.63) is 47.8 Å². The Balaban J connectivity index is 1.53. The molecule has 0 radical (unpaired) electrons. The normalized spacial score (nSPS) is 13.7. The van der Waals surface area contributed by atoms with Crippen LogP contribution in [0.2, 0.25) is 0 Å². The smallest absolute Gasteiger partial charge is 0.244 e. The topological polar surface area (TPSA) is 116 Å². The molecule has 0 spiro atoms. The number of methoxy groups -OCH3 is 1. The van der Waals surface area contributed by atoms with Gasteiger partial charge in [-0.1, -0.05) is 6.07 Å². The highest BCUT2D eigenvalue weighted by Gasteiger charge is 2.19. The van der Waals surface area contributed by atoms with Crippen LogP contribution in [0.3, 0.4) is 0 Å². The van der Waals surface area contributed by atoms with Gasteiger partial charge in [0.15, 0.2) is 5.78 Å². The Labute approximate surface area is 190 Å². The van der Waals surface area contributed by atoms with Crippen molar-refractivity contribution in [3.63, 3.8) is 0 Å². The zero-order valence-corrected chi connectivity index (χ0v) is 18.5. The molecule has 1 aromatic carbocycles. The predicted octanol–water partition coefficient (Wildman–Crippen LogP) is 1.68. The number of ketones is 1. The van der Waals surface area contributed by atoms with Gasteiger partial charge >= 0.3 is 0 Å². The van der Waals surface area contributed by atoms with E-state index in [0.717, 1.165) is 5.39 Å². The van der Waals surface area contributed by atoms with E-state index in [-0.39, 0.29) is 36.3 Å². The molecule has 3 heterocycles. The van der Waals surface area contributed by atoms with Crippen molar-refractivity contribution in [2.75, 3.05) is 38.7 Å². The van der Waals surface area contributed by atoms with Crippen LogP contribution < -0.4 is 10.1 Å². The minimum atomic E-state index is -0.261. The van der Waals surface area contributed by atoms with Crippen molar-refractivity contribution in [3.8, 4) is 5.75 Å². The fourth-order valence-corrected chi connectivity index (χ4v) is 3.71. The fraction of sp³-hybridized carbons (Fsp3) is 0.348. The average molecular weight is 451 g/mol. The number of amides is 2. The molecule has 1 N–H and O–H groups in total. The Hall–Kier alpha value is -3.79. The number of anilines is 1. The quantitative estimate of drug-likeness (QED) is 0.544. The maximum absolute atomic E-state index is 12.9. The van der Waals surface area contributed by atoms with Gasteiger partial charge in [-0.2, -0.15) is 5.10 Å². The van der Waals surface area contributed by atoms with Crippen molar-refractivity contribution < 1.29 is 23.9 Å². The van der Waals surface area contributed by atoms with Crippen molar-refractivity contribution >= 4 is 34.3 Å². The number of hydrogen-bond donors (Lipinski definition) is 1. The summed E-state index contributed by atoms with van der Waals surface area (Å²) in [7, 11) is 1.53. The Morgan fingerprint density at radius 3 is 2.70 bits per heavy atom. The van der Waals surface area contributed by atoms with Gasteiger partial charge in [0.2, 0.25) is 11.8 Å². The largest absolute Gasteiger partial charge is 0.496 e. The number of benzene rings is 1. The third-order valence-corrected chi connectivity index (χ3v) is 5.30. The third-order valence-electron chi connectivity index (χ3n) is 5.30. The molecule has 0 saturated carbocycles. The zero-order chi connectivity index (χ0) is 23.4. The monoisotopic (exact) mass is 451 g/mol. The summed E-state index contributed by atoms with van der Waals surface area (Å²) in [4.78, 5) is 42.7. The average Bonchev–Trinajstić information content (AvgIpc) is 3.19. The molecule has 3 aromatic rings. The number of nitrogens with one attached hydrogen (secondary N) is 1. The predicted molar refractivity (Wildman–Crippen MR) is 120 cm³/mol. The summed E-state index contributed by atoms with van der Waals surface area (Å²) in [5.74, 6) is 0.359. The SMILES string of the molecule is COc1cc2nn(CC(=O)N3CCOCC3)cc2cc1CC(=O)c1cccc(NC(C)=O)n1. The van der Waals surface area contributed by atoms with Crippen LogP contribution in [-0.2, 0) is 27.3 Å². The molecule has 10 nitrogen and oxygen atoms in total. The van der Waals surface area contributed by atoms with Crippen molar-refractivity contribution in [2.45, 2.75) is 19.9 Å². The molecule has 0 aliphatic carbocycles. The molecular weight excluding hydrogens is 426 g/mol. The number of ether oxygens (including phenoxy) is 2. The lowest BCUT2D eigenvalue weighted by atomic mass is 10.0. The van der Waals surface area contributed by atoms with Gasteiger partial charge in [0.05, 0.1) is 25.8 Å².